The van der Waals surface area contributed by atoms with Crippen molar-refractivity contribution in [3.05, 3.63) is 298 Å². The molecule has 12 aromatic rings. The van der Waals surface area contributed by atoms with Crippen molar-refractivity contribution in [1.82, 2.24) is 4.57 Å². The van der Waals surface area contributed by atoms with Crippen molar-refractivity contribution < 1.29 is 9.47 Å². The summed E-state index contributed by atoms with van der Waals surface area (Å²) in [7, 11) is 0. The Balaban J connectivity index is 0.915. The third-order valence-electron chi connectivity index (χ3n) is 20.5. The van der Waals surface area contributed by atoms with E-state index in [0.717, 1.165) is 56.9 Å². The van der Waals surface area contributed by atoms with Gasteiger partial charge in [0.05, 0.1) is 21.9 Å². The molecule has 18 rings (SSSR count). The molecule has 0 saturated heterocycles. The van der Waals surface area contributed by atoms with E-state index < -0.39 is 10.8 Å². The molecule has 0 unspecified atom stereocenters. The lowest BCUT2D eigenvalue weighted by molar-refractivity contribution is 0.424. The molecule has 2 saturated carbocycles. The molecule has 0 bridgehead atoms. The number of aromatic nitrogens is 1. The summed E-state index contributed by atoms with van der Waals surface area (Å²) in [6.07, 6.45) is 12.7. The average Bonchev–Trinajstić information content (AvgIpc) is 3.14. The van der Waals surface area contributed by atoms with Crippen molar-refractivity contribution >= 4 is 38.9 Å². The summed E-state index contributed by atoms with van der Waals surface area (Å²) in [4.78, 5) is 2.56. The number of hydrogen-bond donors (Lipinski definition) is 0. The standard InChI is InChI=1S/C80H62N2O2/c1-3-20-51(21-4-1)53-38-44-77-71(46-53)80(72-47-54(39-45-78(72)84-77)52-22-5-2-6-23-52)66-31-12-8-27-60(66)62-43-41-58(50-70(62)80)81(55-24-19-25-56(48-55)82-73-34-15-9-28-63(73)64-29-10-16-35-74(64)82)57-40-42-61-59-26-7-11-30-65(59)79(69(61)49-57)67-32-13-17-36-75(67)83-76-37-18-14-33-68(76)79/h7-19,24-52H,1-6,20-23H2. The molecule has 3 heterocycles. The van der Waals surface area contributed by atoms with Crippen LogP contribution in [0.15, 0.2) is 243 Å². The normalized spacial score (nSPS) is 16.6. The predicted molar refractivity (Wildman–Crippen MR) is 342 cm³/mol. The highest BCUT2D eigenvalue weighted by molar-refractivity contribution is 6.09. The molecular weight excluding hydrogens is 1020 g/mol. The molecule has 0 N–H and O–H groups in total. The van der Waals surface area contributed by atoms with E-state index in [4.69, 9.17) is 9.47 Å². The monoisotopic (exact) mass is 1080 g/mol. The largest absolute Gasteiger partial charge is 0.457 e. The Morgan fingerprint density at radius 3 is 1.25 bits per heavy atom. The van der Waals surface area contributed by atoms with Crippen molar-refractivity contribution in [2.24, 2.45) is 0 Å². The predicted octanol–water partition coefficient (Wildman–Crippen LogP) is 21.3. The molecular formula is C80H62N2O2. The zero-order valence-corrected chi connectivity index (χ0v) is 47.0. The molecule has 4 aliphatic carbocycles. The molecule has 6 aliphatic rings. The minimum absolute atomic E-state index is 0.528. The van der Waals surface area contributed by atoms with E-state index in [1.807, 2.05) is 0 Å². The second-order valence-electron chi connectivity index (χ2n) is 24.7. The maximum Gasteiger partial charge on any atom is 0.132 e. The van der Waals surface area contributed by atoms with E-state index >= 15 is 0 Å². The summed E-state index contributed by atoms with van der Waals surface area (Å²) in [5.74, 6) is 4.74. The average molecular weight is 1080 g/mol. The van der Waals surface area contributed by atoms with Gasteiger partial charge in [0.1, 0.15) is 23.0 Å². The second-order valence-corrected chi connectivity index (χ2v) is 24.7. The molecule has 2 aliphatic heterocycles. The van der Waals surface area contributed by atoms with Gasteiger partial charge in [0.25, 0.3) is 0 Å². The van der Waals surface area contributed by atoms with Gasteiger partial charge in [-0.3, -0.25) is 0 Å². The molecule has 0 atom stereocenters. The van der Waals surface area contributed by atoms with Crippen LogP contribution in [-0.4, -0.2) is 4.57 Å². The van der Waals surface area contributed by atoms with Gasteiger partial charge >= 0.3 is 0 Å². The van der Waals surface area contributed by atoms with Gasteiger partial charge < -0.3 is 18.9 Å². The van der Waals surface area contributed by atoms with Crippen LogP contribution in [0, 0.1) is 0 Å². The van der Waals surface area contributed by atoms with Crippen LogP contribution in [-0.2, 0) is 10.8 Å². The Morgan fingerprint density at radius 1 is 0.310 bits per heavy atom. The number of fused-ring (bicyclic) bond motifs is 21. The Labute approximate surface area is 491 Å². The van der Waals surface area contributed by atoms with Crippen LogP contribution in [0.25, 0.3) is 49.7 Å². The van der Waals surface area contributed by atoms with Crippen LogP contribution < -0.4 is 14.4 Å². The van der Waals surface area contributed by atoms with Crippen LogP contribution in [0.5, 0.6) is 23.0 Å². The summed E-state index contributed by atoms with van der Waals surface area (Å²) >= 11 is 0. The first-order valence-corrected chi connectivity index (χ1v) is 30.9. The first-order chi connectivity index (χ1) is 41.6. The zero-order chi connectivity index (χ0) is 55.1. The number of nitrogens with zero attached hydrogens (tertiary/aromatic N) is 2. The molecule has 1 aromatic heterocycles. The Bertz CT molecular complexity index is 4520. The molecule has 0 amide bonds. The number of ether oxygens (including phenoxy) is 2. The summed E-state index contributed by atoms with van der Waals surface area (Å²) in [6, 6.07) is 92.1. The lowest BCUT2D eigenvalue weighted by Crippen LogP contribution is -2.33. The molecule has 4 nitrogen and oxygen atoms in total. The van der Waals surface area contributed by atoms with Gasteiger partial charge in [-0.1, -0.05) is 202 Å². The smallest absolute Gasteiger partial charge is 0.132 e. The third kappa shape index (κ3) is 6.77. The second kappa shape index (κ2) is 18.6. The number of anilines is 3. The fourth-order valence-corrected chi connectivity index (χ4v) is 16.9. The van der Waals surface area contributed by atoms with Gasteiger partial charge in [-0.15, -0.1) is 0 Å². The number of benzene rings is 11. The Morgan fingerprint density at radius 2 is 0.726 bits per heavy atom. The van der Waals surface area contributed by atoms with E-state index in [1.54, 1.807) is 0 Å². The summed E-state index contributed by atoms with van der Waals surface area (Å²) in [6.45, 7) is 0. The zero-order valence-electron chi connectivity index (χ0n) is 47.0. The highest BCUT2D eigenvalue weighted by Gasteiger charge is 2.53. The number of para-hydroxylation sites is 4. The maximum atomic E-state index is 7.26. The quantitative estimate of drug-likeness (QED) is 0.166. The van der Waals surface area contributed by atoms with Crippen molar-refractivity contribution in [2.45, 2.75) is 86.9 Å². The minimum Gasteiger partial charge on any atom is -0.457 e. The van der Waals surface area contributed by atoms with Crippen molar-refractivity contribution in [2.75, 3.05) is 4.90 Å². The third-order valence-corrected chi connectivity index (χ3v) is 20.5. The van der Waals surface area contributed by atoms with Crippen molar-refractivity contribution in [3.8, 4) is 50.9 Å². The fraction of sp³-hybridized carbons (Fsp3) is 0.175. The Hall–Kier alpha value is -9.38. The van der Waals surface area contributed by atoms with E-state index in [2.05, 4.69) is 252 Å². The first-order valence-electron chi connectivity index (χ1n) is 30.9. The van der Waals surface area contributed by atoms with Crippen molar-refractivity contribution in [3.63, 3.8) is 0 Å². The van der Waals surface area contributed by atoms with E-state index in [-0.39, 0.29) is 0 Å². The fourth-order valence-electron chi connectivity index (χ4n) is 16.9. The van der Waals surface area contributed by atoms with E-state index in [9.17, 15) is 0 Å². The van der Waals surface area contributed by atoms with Crippen LogP contribution in [0.2, 0.25) is 0 Å². The molecule has 2 spiro atoms. The molecule has 2 fully saturated rings. The SMILES string of the molecule is c1cc(N(c2ccc3c(c2)C2(c4ccccc4Oc4ccccc42)c2ccccc2-3)c2ccc3c(c2)C2(c4cc(C5CCCCC5)ccc4Oc4ccc(C5CCCCC5)cc42)c2ccccc2-3)cc(-n2c3ccccc3c3ccccc32)c1. The van der Waals surface area contributed by atoms with Gasteiger partial charge in [0.15, 0.2) is 0 Å². The molecule has 4 heteroatoms. The maximum absolute atomic E-state index is 7.26. The highest BCUT2D eigenvalue weighted by Crippen LogP contribution is 2.66. The summed E-state index contributed by atoms with van der Waals surface area (Å²) in [5.41, 5.74) is 23.3. The highest BCUT2D eigenvalue weighted by atomic mass is 16.5. The van der Waals surface area contributed by atoms with Crippen LogP contribution in [0.3, 0.4) is 0 Å². The van der Waals surface area contributed by atoms with Crippen LogP contribution in [0.1, 0.15) is 132 Å². The molecule has 404 valence electrons. The number of hydrogen-bond acceptors (Lipinski definition) is 3. The van der Waals surface area contributed by atoms with Gasteiger partial charge in [-0.25, -0.2) is 0 Å². The molecule has 84 heavy (non-hydrogen) atoms. The first kappa shape index (κ1) is 48.2. The lowest BCUT2D eigenvalue weighted by atomic mass is 9.64. The van der Waals surface area contributed by atoms with Crippen molar-refractivity contribution in [1.29, 1.82) is 0 Å². The van der Waals surface area contributed by atoms with Gasteiger partial charge in [-0.2, -0.15) is 0 Å². The minimum atomic E-state index is -0.657. The van der Waals surface area contributed by atoms with Gasteiger partial charge in [-0.05, 0) is 172 Å². The van der Waals surface area contributed by atoms with E-state index in [1.165, 1.54) is 153 Å². The molecule has 11 aromatic carbocycles. The Kier molecular flexibility index (Phi) is 10.6. The van der Waals surface area contributed by atoms with Crippen LogP contribution in [0.4, 0.5) is 17.1 Å². The summed E-state index contributed by atoms with van der Waals surface area (Å²) in [5, 5.41) is 2.49. The molecule has 0 radical (unpaired) electrons. The van der Waals surface area contributed by atoms with Gasteiger partial charge in [0.2, 0.25) is 0 Å². The van der Waals surface area contributed by atoms with Crippen LogP contribution >= 0.6 is 0 Å². The number of rotatable bonds is 6. The lowest BCUT2D eigenvalue weighted by Gasteiger charge is -2.41. The van der Waals surface area contributed by atoms with E-state index in [0.29, 0.717) is 11.8 Å². The topological polar surface area (TPSA) is 26.6 Å². The summed E-state index contributed by atoms with van der Waals surface area (Å²) < 4.78 is 16.6. The van der Waals surface area contributed by atoms with Gasteiger partial charge in [0, 0.05) is 55.8 Å².